The average molecular weight is 465 g/mol. The van der Waals surface area contributed by atoms with Crippen LogP contribution in [0.2, 0.25) is 0 Å². The Labute approximate surface area is 198 Å². The molecule has 2 heterocycles. The number of hydrogen-bond acceptors (Lipinski definition) is 5. The number of H-pyrrole nitrogens is 1. The fourth-order valence-corrected chi connectivity index (χ4v) is 7.88. The third-order valence-corrected chi connectivity index (χ3v) is 8.82. The van der Waals surface area contributed by atoms with Crippen LogP contribution in [0.4, 0.5) is 0 Å². The maximum Gasteiger partial charge on any atom is 0.329 e. The number of Topliss-reactive ketones (excluding diaryl/α,β-unsaturated/α-hetero) is 1. The Balaban J connectivity index is 1.16. The number of aryl methyl sites for hydroxylation is 1. The molecule has 34 heavy (non-hydrogen) atoms. The maximum atomic E-state index is 13.8. The van der Waals surface area contributed by atoms with Crippen LogP contribution in [0.15, 0.2) is 24.3 Å². The summed E-state index contributed by atoms with van der Waals surface area (Å²) >= 11 is 0. The van der Waals surface area contributed by atoms with E-state index in [2.05, 4.69) is 4.98 Å². The van der Waals surface area contributed by atoms with Gasteiger partial charge in [-0.2, -0.15) is 0 Å². The van der Waals surface area contributed by atoms with E-state index in [4.69, 9.17) is 4.74 Å². The first kappa shape index (κ1) is 21.8. The lowest BCUT2D eigenvalue weighted by Crippen LogP contribution is -2.56. The van der Waals surface area contributed by atoms with Crippen molar-refractivity contribution >= 4 is 28.6 Å². The number of likely N-dealkylation sites (tertiary alicyclic amines) is 1. The summed E-state index contributed by atoms with van der Waals surface area (Å²) in [5.41, 5.74) is 1.74. The van der Waals surface area contributed by atoms with Gasteiger partial charge in [-0.25, -0.2) is 4.79 Å². The number of fused-ring (bicyclic) bond motifs is 1. The maximum absolute atomic E-state index is 13.8. The number of carbonyl (C=O) groups excluding carboxylic acids is 3. The number of β-amino-alcohol motifs (C(OH)–C–C–N with tert-alkyl or cyclic N) is 1. The molecule has 2 atom stereocenters. The molecule has 1 saturated heterocycles. The Morgan fingerprint density at radius 3 is 2.38 bits per heavy atom. The van der Waals surface area contributed by atoms with Crippen molar-refractivity contribution in [3.8, 4) is 0 Å². The molecule has 4 saturated carbocycles. The van der Waals surface area contributed by atoms with E-state index in [1.54, 1.807) is 4.90 Å². The Hall–Kier alpha value is -2.67. The molecular weight excluding hydrogens is 432 g/mol. The van der Waals surface area contributed by atoms with Gasteiger partial charge in [-0.3, -0.25) is 9.59 Å². The molecular formula is C27H32N2O5. The van der Waals surface area contributed by atoms with E-state index in [0.29, 0.717) is 23.3 Å². The number of para-hydroxylation sites is 1. The smallest absolute Gasteiger partial charge is 0.329 e. The lowest BCUT2D eigenvalue weighted by Gasteiger charge is -2.56. The molecule has 1 aromatic heterocycles. The highest BCUT2D eigenvalue weighted by atomic mass is 16.5. The zero-order chi connectivity index (χ0) is 23.6. The lowest BCUT2D eigenvalue weighted by atomic mass is 9.49. The molecule has 4 bridgehead atoms. The number of aromatic nitrogens is 1. The summed E-state index contributed by atoms with van der Waals surface area (Å²) in [4.78, 5) is 44.6. The standard InChI is InChI=1S/C27H32N2O5/c1-15-24(20-4-2-3-5-21(20)28-15)23(31)14-34-25(32)22-9-19(30)13-29(22)26(33)27-10-16-6-17(11-27)8-18(7-16)12-27/h2-5,16-19,22,28,30H,6-14H2,1H3. The molecule has 7 heteroatoms. The molecule has 5 fully saturated rings. The Kier molecular flexibility index (Phi) is 5.10. The Bertz CT molecular complexity index is 1130. The van der Waals surface area contributed by atoms with Crippen LogP contribution < -0.4 is 0 Å². The van der Waals surface area contributed by atoms with Gasteiger partial charge >= 0.3 is 5.97 Å². The van der Waals surface area contributed by atoms with Gasteiger partial charge in [0.2, 0.25) is 11.7 Å². The Morgan fingerprint density at radius 2 is 1.71 bits per heavy atom. The van der Waals surface area contributed by atoms with Gasteiger partial charge in [0.15, 0.2) is 6.61 Å². The third kappa shape index (κ3) is 3.47. The van der Waals surface area contributed by atoms with E-state index >= 15 is 0 Å². The van der Waals surface area contributed by atoms with Crippen LogP contribution in [-0.2, 0) is 14.3 Å². The van der Waals surface area contributed by atoms with Crippen LogP contribution >= 0.6 is 0 Å². The minimum Gasteiger partial charge on any atom is -0.456 e. The number of rotatable bonds is 5. The quantitative estimate of drug-likeness (QED) is 0.522. The second-order valence-electron chi connectivity index (χ2n) is 11.3. The molecule has 1 aliphatic heterocycles. The van der Waals surface area contributed by atoms with E-state index in [0.717, 1.165) is 35.9 Å². The SMILES string of the molecule is Cc1[nH]c2ccccc2c1C(=O)COC(=O)C1CC(O)CN1C(=O)C12CC3CC(CC(C3)C1)C2. The number of amides is 1. The van der Waals surface area contributed by atoms with Crippen molar-refractivity contribution in [3.05, 3.63) is 35.5 Å². The summed E-state index contributed by atoms with van der Waals surface area (Å²) in [6.07, 6.45) is 5.83. The van der Waals surface area contributed by atoms with E-state index in [-0.39, 0.29) is 36.7 Å². The predicted molar refractivity (Wildman–Crippen MR) is 125 cm³/mol. The summed E-state index contributed by atoms with van der Waals surface area (Å²) in [5, 5.41) is 11.2. The number of nitrogens with one attached hydrogen (secondary N) is 1. The van der Waals surface area contributed by atoms with Crippen molar-refractivity contribution in [1.82, 2.24) is 9.88 Å². The lowest BCUT2D eigenvalue weighted by molar-refractivity contribution is -0.165. The van der Waals surface area contributed by atoms with Crippen LogP contribution in [-0.4, -0.2) is 57.9 Å². The number of aliphatic hydroxyl groups is 1. The fourth-order valence-electron chi connectivity index (χ4n) is 7.88. The number of ether oxygens (including phenoxy) is 1. The molecule has 5 aliphatic rings. The van der Waals surface area contributed by atoms with Gasteiger partial charge in [0.05, 0.1) is 11.5 Å². The van der Waals surface area contributed by atoms with Crippen LogP contribution in [0.3, 0.4) is 0 Å². The predicted octanol–water partition coefficient (Wildman–Crippen LogP) is 3.38. The van der Waals surface area contributed by atoms with E-state index in [9.17, 15) is 19.5 Å². The van der Waals surface area contributed by atoms with Crippen molar-refractivity contribution < 1.29 is 24.2 Å². The van der Waals surface area contributed by atoms with Crippen molar-refractivity contribution in [2.45, 2.75) is 64.0 Å². The molecule has 180 valence electrons. The third-order valence-electron chi connectivity index (χ3n) is 8.82. The molecule has 0 radical (unpaired) electrons. The first-order valence-corrected chi connectivity index (χ1v) is 12.6. The van der Waals surface area contributed by atoms with Gasteiger partial charge in [-0.15, -0.1) is 0 Å². The van der Waals surface area contributed by atoms with E-state index in [1.165, 1.54) is 19.3 Å². The molecule has 2 N–H and O–H groups in total. The normalized spacial score (nSPS) is 34.1. The molecule has 2 aromatic rings. The van der Waals surface area contributed by atoms with Crippen LogP contribution in [0.1, 0.15) is 61.0 Å². The minimum absolute atomic E-state index is 0.0175. The van der Waals surface area contributed by atoms with Gasteiger partial charge in [0.1, 0.15) is 6.04 Å². The first-order chi connectivity index (χ1) is 16.3. The van der Waals surface area contributed by atoms with Gasteiger partial charge in [0, 0.05) is 35.1 Å². The van der Waals surface area contributed by atoms with E-state index < -0.39 is 18.1 Å². The summed E-state index contributed by atoms with van der Waals surface area (Å²) in [5.74, 6) is 0.991. The summed E-state index contributed by atoms with van der Waals surface area (Å²) in [6, 6.07) is 6.71. The average Bonchev–Trinajstić information content (AvgIpc) is 3.35. The van der Waals surface area contributed by atoms with Gasteiger partial charge in [-0.1, -0.05) is 18.2 Å². The number of esters is 1. The van der Waals surface area contributed by atoms with Gasteiger partial charge in [0.25, 0.3) is 0 Å². The largest absolute Gasteiger partial charge is 0.456 e. The zero-order valence-corrected chi connectivity index (χ0v) is 19.6. The number of hydrogen-bond donors (Lipinski definition) is 2. The number of aliphatic hydroxyl groups excluding tert-OH is 1. The molecule has 0 spiro atoms. The van der Waals surface area contributed by atoms with E-state index in [1.807, 2.05) is 31.2 Å². The number of nitrogens with zero attached hydrogens (tertiary/aromatic N) is 1. The molecule has 7 nitrogen and oxygen atoms in total. The number of benzene rings is 1. The molecule has 1 aromatic carbocycles. The number of carbonyl (C=O) groups is 3. The Morgan fingerprint density at radius 1 is 1.06 bits per heavy atom. The first-order valence-electron chi connectivity index (χ1n) is 12.6. The summed E-state index contributed by atoms with van der Waals surface area (Å²) < 4.78 is 5.46. The topological polar surface area (TPSA) is 99.7 Å². The number of aromatic amines is 1. The van der Waals surface area contributed by atoms with Gasteiger partial charge in [-0.05, 0) is 69.3 Å². The second kappa shape index (κ2) is 7.94. The highest BCUT2D eigenvalue weighted by molar-refractivity contribution is 6.10. The highest BCUT2D eigenvalue weighted by Crippen LogP contribution is 2.60. The van der Waals surface area contributed by atoms with Crippen molar-refractivity contribution in [2.24, 2.45) is 23.2 Å². The molecule has 4 aliphatic carbocycles. The van der Waals surface area contributed by atoms with Crippen molar-refractivity contribution in [2.75, 3.05) is 13.2 Å². The van der Waals surface area contributed by atoms with Crippen LogP contribution in [0, 0.1) is 30.1 Å². The van der Waals surface area contributed by atoms with Crippen molar-refractivity contribution in [1.29, 1.82) is 0 Å². The van der Waals surface area contributed by atoms with Crippen LogP contribution in [0.25, 0.3) is 10.9 Å². The summed E-state index contributed by atoms with van der Waals surface area (Å²) in [7, 11) is 0. The minimum atomic E-state index is -0.827. The summed E-state index contributed by atoms with van der Waals surface area (Å²) in [6.45, 7) is 1.61. The fraction of sp³-hybridized carbons (Fsp3) is 0.593. The number of ketones is 1. The highest BCUT2D eigenvalue weighted by Gasteiger charge is 2.57. The molecule has 7 rings (SSSR count). The van der Waals surface area contributed by atoms with Crippen molar-refractivity contribution in [3.63, 3.8) is 0 Å². The molecule has 2 unspecified atom stereocenters. The molecule has 1 amide bonds. The second-order valence-corrected chi connectivity index (χ2v) is 11.3. The monoisotopic (exact) mass is 464 g/mol. The van der Waals surface area contributed by atoms with Gasteiger partial charge < -0.3 is 19.7 Å². The zero-order valence-electron chi connectivity index (χ0n) is 19.6. The van der Waals surface area contributed by atoms with Crippen LogP contribution in [0.5, 0.6) is 0 Å².